The summed E-state index contributed by atoms with van der Waals surface area (Å²) in [5, 5.41) is 2.99. The molecule has 1 unspecified atom stereocenters. The van der Waals surface area contributed by atoms with E-state index >= 15 is 0 Å². The fourth-order valence-electron chi connectivity index (χ4n) is 2.59. The number of carbonyl (C=O) groups excluding carboxylic acids is 1. The van der Waals surface area contributed by atoms with E-state index in [4.69, 9.17) is 4.42 Å². The van der Waals surface area contributed by atoms with Gasteiger partial charge in [-0.25, -0.2) is 4.98 Å². The van der Waals surface area contributed by atoms with Gasteiger partial charge < -0.3 is 9.73 Å². The Balaban J connectivity index is 1.83. The van der Waals surface area contributed by atoms with E-state index in [1.165, 1.54) is 6.26 Å². The molecule has 5 nitrogen and oxygen atoms in total. The van der Waals surface area contributed by atoms with E-state index in [2.05, 4.69) is 15.2 Å². The van der Waals surface area contributed by atoms with Crippen LogP contribution in [0.2, 0.25) is 0 Å². The number of likely N-dealkylation sites (N-methyl/N-ethyl adjacent to an activating group) is 1. The summed E-state index contributed by atoms with van der Waals surface area (Å²) in [5.74, 6) is 0.546. The van der Waals surface area contributed by atoms with E-state index in [0.29, 0.717) is 5.89 Å². The maximum atomic E-state index is 12.3. The van der Waals surface area contributed by atoms with Crippen LogP contribution in [0.15, 0.2) is 41.1 Å². The van der Waals surface area contributed by atoms with E-state index in [1.807, 2.05) is 31.3 Å². The summed E-state index contributed by atoms with van der Waals surface area (Å²) < 4.78 is 5.32. The number of likely N-dealkylation sites (tertiary alicyclic amines) is 1. The number of benzene rings is 1. The van der Waals surface area contributed by atoms with Crippen LogP contribution in [0.4, 0.5) is 5.69 Å². The lowest BCUT2D eigenvalue weighted by Gasteiger charge is -2.19. The summed E-state index contributed by atoms with van der Waals surface area (Å²) in [5.41, 5.74) is 1.53. The monoisotopic (exact) mass is 271 g/mol. The number of carbonyl (C=O) groups is 1. The molecule has 1 aliphatic rings. The van der Waals surface area contributed by atoms with Gasteiger partial charge in [0.25, 0.3) is 0 Å². The highest BCUT2D eigenvalue weighted by Gasteiger charge is 2.28. The average Bonchev–Trinajstić information content (AvgIpc) is 3.10. The van der Waals surface area contributed by atoms with Crippen molar-refractivity contribution in [1.29, 1.82) is 0 Å². The molecule has 1 aliphatic heterocycles. The number of nitrogens with zero attached hydrogens (tertiary/aromatic N) is 2. The van der Waals surface area contributed by atoms with Crippen LogP contribution in [0.25, 0.3) is 11.5 Å². The molecular weight excluding hydrogens is 254 g/mol. The standard InChI is InChI=1S/C15H17N3O2/c1-18-9-4-7-13(18)14(19)17-12-6-3-2-5-11(12)15-16-8-10-20-15/h2-3,5-6,8,10,13H,4,7,9H2,1H3,(H,17,19). The van der Waals surface area contributed by atoms with Gasteiger partial charge in [-0.15, -0.1) is 0 Å². The van der Waals surface area contributed by atoms with Crippen molar-refractivity contribution in [3.8, 4) is 11.5 Å². The Morgan fingerprint density at radius 1 is 1.45 bits per heavy atom. The molecule has 1 saturated heterocycles. The van der Waals surface area contributed by atoms with Gasteiger partial charge in [0.1, 0.15) is 6.26 Å². The topological polar surface area (TPSA) is 58.4 Å². The first-order chi connectivity index (χ1) is 9.75. The summed E-state index contributed by atoms with van der Waals surface area (Å²) in [6.45, 7) is 0.972. The number of anilines is 1. The molecule has 1 aromatic carbocycles. The van der Waals surface area contributed by atoms with Crippen molar-refractivity contribution in [1.82, 2.24) is 9.88 Å². The molecule has 104 valence electrons. The van der Waals surface area contributed by atoms with Gasteiger partial charge in [0, 0.05) is 0 Å². The van der Waals surface area contributed by atoms with E-state index in [1.54, 1.807) is 6.20 Å². The summed E-state index contributed by atoms with van der Waals surface area (Å²) >= 11 is 0. The van der Waals surface area contributed by atoms with Gasteiger partial charge >= 0.3 is 0 Å². The average molecular weight is 271 g/mol. The lowest BCUT2D eigenvalue weighted by atomic mass is 10.1. The van der Waals surface area contributed by atoms with Gasteiger partial charge in [-0.05, 0) is 38.6 Å². The van der Waals surface area contributed by atoms with Crippen molar-refractivity contribution >= 4 is 11.6 Å². The lowest BCUT2D eigenvalue weighted by Crippen LogP contribution is -2.37. The van der Waals surface area contributed by atoms with Crippen molar-refractivity contribution in [3.63, 3.8) is 0 Å². The van der Waals surface area contributed by atoms with Crippen molar-refractivity contribution < 1.29 is 9.21 Å². The molecule has 20 heavy (non-hydrogen) atoms. The SMILES string of the molecule is CN1CCCC1C(=O)Nc1ccccc1-c1ncco1. The Labute approximate surface area is 117 Å². The molecule has 0 aliphatic carbocycles. The highest BCUT2D eigenvalue weighted by molar-refractivity contribution is 5.98. The minimum absolute atomic E-state index is 0.0315. The zero-order valence-electron chi connectivity index (χ0n) is 11.4. The highest BCUT2D eigenvalue weighted by Crippen LogP contribution is 2.27. The molecule has 2 aromatic rings. The van der Waals surface area contributed by atoms with Crippen LogP contribution in [0, 0.1) is 0 Å². The summed E-state index contributed by atoms with van der Waals surface area (Å²) in [4.78, 5) is 18.6. The number of rotatable bonds is 3. The second-order valence-corrected chi connectivity index (χ2v) is 5.01. The van der Waals surface area contributed by atoms with Gasteiger partial charge in [-0.3, -0.25) is 9.69 Å². The Morgan fingerprint density at radius 3 is 3.00 bits per heavy atom. The molecule has 0 radical (unpaired) electrons. The predicted molar refractivity (Wildman–Crippen MR) is 76.2 cm³/mol. The third-order valence-corrected chi connectivity index (χ3v) is 3.67. The lowest BCUT2D eigenvalue weighted by molar-refractivity contribution is -0.119. The molecule has 1 atom stereocenters. The Hall–Kier alpha value is -2.14. The van der Waals surface area contributed by atoms with Crippen LogP contribution in [0.1, 0.15) is 12.8 Å². The van der Waals surface area contributed by atoms with Crippen molar-refractivity contribution in [3.05, 3.63) is 36.7 Å². The van der Waals surface area contributed by atoms with Crippen molar-refractivity contribution in [2.75, 3.05) is 18.9 Å². The molecule has 0 spiro atoms. The summed E-state index contributed by atoms with van der Waals surface area (Å²) in [6.07, 6.45) is 5.09. The molecule has 0 bridgehead atoms. The number of nitrogens with one attached hydrogen (secondary N) is 1. The van der Waals surface area contributed by atoms with Crippen LogP contribution in [-0.4, -0.2) is 35.4 Å². The second kappa shape index (κ2) is 5.46. The number of amides is 1. The van der Waals surface area contributed by atoms with E-state index in [-0.39, 0.29) is 11.9 Å². The molecule has 2 heterocycles. The third-order valence-electron chi connectivity index (χ3n) is 3.67. The highest BCUT2D eigenvalue weighted by atomic mass is 16.3. The van der Waals surface area contributed by atoms with Crippen molar-refractivity contribution in [2.45, 2.75) is 18.9 Å². The second-order valence-electron chi connectivity index (χ2n) is 5.01. The van der Waals surface area contributed by atoms with Crippen LogP contribution >= 0.6 is 0 Å². The number of aromatic nitrogens is 1. The van der Waals surface area contributed by atoms with Gasteiger partial charge in [-0.1, -0.05) is 12.1 Å². The van der Waals surface area contributed by atoms with Gasteiger partial charge in [0.05, 0.1) is 23.5 Å². The predicted octanol–water partition coefficient (Wildman–Crippen LogP) is 2.37. The first-order valence-corrected chi connectivity index (χ1v) is 6.76. The fraction of sp³-hybridized carbons (Fsp3) is 0.333. The quantitative estimate of drug-likeness (QED) is 0.931. The first kappa shape index (κ1) is 12.9. The van der Waals surface area contributed by atoms with Crippen LogP contribution in [0.5, 0.6) is 0 Å². The zero-order chi connectivity index (χ0) is 13.9. The van der Waals surface area contributed by atoms with Gasteiger partial charge in [0.15, 0.2) is 0 Å². The molecule has 5 heteroatoms. The first-order valence-electron chi connectivity index (χ1n) is 6.76. The normalized spacial score (nSPS) is 19.1. The largest absolute Gasteiger partial charge is 0.444 e. The Morgan fingerprint density at radius 2 is 2.30 bits per heavy atom. The van der Waals surface area contributed by atoms with Crippen LogP contribution in [-0.2, 0) is 4.79 Å². The van der Waals surface area contributed by atoms with Gasteiger partial charge in [0.2, 0.25) is 11.8 Å². The van der Waals surface area contributed by atoms with E-state index < -0.39 is 0 Å². The molecule has 1 amide bonds. The number of hydrogen-bond donors (Lipinski definition) is 1. The number of oxazole rings is 1. The van der Waals surface area contributed by atoms with E-state index in [0.717, 1.165) is 30.6 Å². The molecule has 3 rings (SSSR count). The Kier molecular flexibility index (Phi) is 3.52. The van der Waals surface area contributed by atoms with Crippen LogP contribution < -0.4 is 5.32 Å². The van der Waals surface area contributed by atoms with E-state index in [9.17, 15) is 4.79 Å². The molecule has 1 aromatic heterocycles. The fourth-order valence-corrected chi connectivity index (χ4v) is 2.59. The number of hydrogen-bond acceptors (Lipinski definition) is 4. The van der Waals surface area contributed by atoms with Crippen LogP contribution in [0.3, 0.4) is 0 Å². The maximum absolute atomic E-state index is 12.3. The minimum Gasteiger partial charge on any atom is -0.444 e. The smallest absolute Gasteiger partial charge is 0.241 e. The molecular formula is C15H17N3O2. The summed E-state index contributed by atoms with van der Waals surface area (Å²) in [6, 6.07) is 7.50. The molecule has 0 saturated carbocycles. The summed E-state index contributed by atoms with van der Waals surface area (Å²) in [7, 11) is 1.98. The Bertz CT molecular complexity index is 595. The number of para-hydroxylation sites is 1. The minimum atomic E-state index is -0.0485. The molecule has 1 fully saturated rings. The zero-order valence-corrected chi connectivity index (χ0v) is 11.4. The third kappa shape index (κ3) is 2.44. The maximum Gasteiger partial charge on any atom is 0.241 e. The molecule has 1 N–H and O–H groups in total. The van der Waals surface area contributed by atoms with Crippen molar-refractivity contribution in [2.24, 2.45) is 0 Å². The van der Waals surface area contributed by atoms with Gasteiger partial charge in [-0.2, -0.15) is 0 Å².